The molecule has 0 bridgehead atoms. The molecule has 2 fully saturated rings. The molecule has 2 N–H and O–H groups in total. The van der Waals surface area contributed by atoms with Gasteiger partial charge in [-0.05, 0) is 76.3 Å². The van der Waals surface area contributed by atoms with E-state index in [1.807, 2.05) is 0 Å². The summed E-state index contributed by atoms with van der Waals surface area (Å²) in [4.78, 5) is 27.9. The highest BCUT2D eigenvalue weighted by molar-refractivity contribution is 7.89. The summed E-state index contributed by atoms with van der Waals surface area (Å²) in [5.74, 6) is -0.197. The van der Waals surface area contributed by atoms with Crippen molar-refractivity contribution in [2.75, 3.05) is 18.4 Å². The molecule has 2 atom stereocenters. The molecule has 1 aromatic carbocycles. The molecule has 3 aromatic rings. The molecule has 1 aliphatic heterocycles. The third-order valence-electron chi connectivity index (χ3n) is 7.06. The van der Waals surface area contributed by atoms with Gasteiger partial charge >= 0.3 is 5.97 Å². The van der Waals surface area contributed by atoms with Crippen LogP contribution in [0.4, 0.5) is 11.5 Å². The van der Waals surface area contributed by atoms with E-state index in [1.54, 1.807) is 49.8 Å². The molecule has 0 radical (unpaired) electrons. The number of hydrogen-bond acceptors (Lipinski definition) is 8. The van der Waals surface area contributed by atoms with Crippen molar-refractivity contribution in [3.8, 4) is 6.07 Å². The van der Waals surface area contributed by atoms with Crippen LogP contribution in [0.5, 0.6) is 0 Å². The number of carbonyl (C=O) groups excluding carboxylic acids is 1. The van der Waals surface area contributed by atoms with Gasteiger partial charge in [-0.3, -0.25) is 14.3 Å². The van der Waals surface area contributed by atoms with Gasteiger partial charge in [0.25, 0.3) is 5.56 Å². The topological polar surface area (TPSA) is 150 Å². The zero-order valence-corrected chi connectivity index (χ0v) is 23.0. The number of pyridine rings is 1. The molecule has 1 saturated carbocycles. The van der Waals surface area contributed by atoms with Crippen molar-refractivity contribution in [3.63, 3.8) is 0 Å². The number of aromatic amines is 1. The van der Waals surface area contributed by atoms with Gasteiger partial charge in [0, 0.05) is 25.0 Å². The van der Waals surface area contributed by atoms with Gasteiger partial charge in [0.1, 0.15) is 11.0 Å². The number of nitriles is 1. The summed E-state index contributed by atoms with van der Waals surface area (Å²) in [7, 11) is -3.80. The molecular weight excluding hydrogens is 520 g/mol. The number of ether oxygens (including phenoxy) is 1. The minimum Gasteiger partial charge on any atom is -0.460 e. The molecule has 1 aliphatic carbocycles. The maximum Gasteiger partial charge on any atom is 0.310 e. The number of aromatic nitrogens is 3. The lowest BCUT2D eigenvalue weighted by Gasteiger charge is -2.22. The lowest BCUT2D eigenvalue weighted by molar-refractivity contribution is -0.159. The number of esters is 1. The van der Waals surface area contributed by atoms with Gasteiger partial charge in [-0.15, -0.1) is 0 Å². The molecule has 39 heavy (non-hydrogen) atoms. The molecule has 12 heteroatoms. The molecule has 2 aliphatic rings. The van der Waals surface area contributed by atoms with Crippen molar-refractivity contribution in [2.45, 2.75) is 63.0 Å². The fourth-order valence-electron chi connectivity index (χ4n) is 4.99. The Kier molecular flexibility index (Phi) is 6.99. The molecule has 0 spiro atoms. The molecule has 1 saturated heterocycles. The van der Waals surface area contributed by atoms with Crippen molar-refractivity contribution < 1.29 is 17.9 Å². The first-order valence-electron chi connectivity index (χ1n) is 13.0. The summed E-state index contributed by atoms with van der Waals surface area (Å²) >= 11 is 0. The molecule has 3 heterocycles. The van der Waals surface area contributed by atoms with Crippen LogP contribution in [0.25, 0.3) is 10.9 Å². The number of H-pyrrole nitrogens is 1. The Hall–Kier alpha value is -3.69. The first-order valence-corrected chi connectivity index (χ1v) is 14.5. The predicted octanol–water partition coefficient (Wildman–Crippen LogP) is 3.69. The van der Waals surface area contributed by atoms with Crippen LogP contribution < -0.4 is 10.9 Å². The second kappa shape index (κ2) is 10.1. The average Bonchev–Trinajstić information content (AvgIpc) is 3.45. The van der Waals surface area contributed by atoms with Gasteiger partial charge in [0.05, 0.1) is 34.9 Å². The van der Waals surface area contributed by atoms with E-state index in [-0.39, 0.29) is 35.6 Å². The lowest BCUT2D eigenvalue weighted by Crippen LogP contribution is -2.33. The Labute approximate surface area is 226 Å². The number of sulfonamides is 1. The second-order valence-electron chi connectivity index (χ2n) is 11.2. The smallest absolute Gasteiger partial charge is 0.310 e. The lowest BCUT2D eigenvalue weighted by atomic mass is 10.1. The summed E-state index contributed by atoms with van der Waals surface area (Å²) in [6, 6.07) is 10.1. The van der Waals surface area contributed by atoms with Gasteiger partial charge in [0.15, 0.2) is 5.82 Å². The highest BCUT2D eigenvalue weighted by atomic mass is 32.2. The van der Waals surface area contributed by atoms with E-state index in [0.717, 1.165) is 12.8 Å². The number of rotatable bonds is 8. The summed E-state index contributed by atoms with van der Waals surface area (Å²) in [5, 5.41) is 17.6. The Morgan fingerprint density at radius 2 is 1.95 bits per heavy atom. The zero-order valence-electron chi connectivity index (χ0n) is 22.2. The van der Waals surface area contributed by atoms with Crippen LogP contribution in [0.1, 0.15) is 52.5 Å². The van der Waals surface area contributed by atoms with Crippen LogP contribution in [0, 0.1) is 23.2 Å². The Morgan fingerprint density at radius 1 is 1.23 bits per heavy atom. The third-order valence-corrected chi connectivity index (χ3v) is 8.94. The number of fused-ring (bicyclic) bond motifs is 1. The van der Waals surface area contributed by atoms with Gasteiger partial charge in [-0.2, -0.15) is 14.7 Å². The van der Waals surface area contributed by atoms with Crippen molar-refractivity contribution in [3.05, 3.63) is 46.9 Å². The summed E-state index contributed by atoms with van der Waals surface area (Å²) in [6.45, 7) is 5.67. The molecule has 5 rings (SSSR count). The monoisotopic (exact) mass is 552 g/mol. The standard InChI is InChI=1S/C27H32N6O5S/c1-27(2,3)38-26(35)18-12-15-32(16-18)39(36,37)20-8-6-19(7-9-20)30-24-23-22(11-14-29-25(23)34)33(31-24)21(10-13-28)17-4-5-17/h6-9,11,14,17-18,21H,4-5,10,12,15-16H2,1-3H3,(H,29,34)(H,30,31)/t18-,21-/m0/s1. The molecule has 2 aromatic heterocycles. The maximum absolute atomic E-state index is 13.3. The summed E-state index contributed by atoms with van der Waals surface area (Å²) in [5.41, 5.74) is 0.258. The van der Waals surface area contributed by atoms with E-state index in [0.29, 0.717) is 41.2 Å². The van der Waals surface area contributed by atoms with Crippen molar-refractivity contribution in [1.29, 1.82) is 5.26 Å². The Bertz CT molecular complexity index is 1590. The maximum atomic E-state index is 13.3. The third kappa shape index (κ3) is 5.55. The van der Waals surface area contributed by atoms with E-state index in [2.05, 4.69) is 21.5 Å². The van der Waals surface area contributed by atoms with E-state index in [4.69, 9.17) is 4.74 Å². The summed E-state index contributed by atoms with van der Waals surface area (Å²) < 4.78 is 35.0. The first kappa shape index (κ1) is 26.9. The van der Waals surface area contributed by atoms with Crippen LogP contribution in [0.2, 0.25) is 0 Å². The molecular formula is C27H32N6O5S. The minimum atomic E-state index is -3.80. The Balaban J connectivity index is 1.35. The van der Waals surface area contributed by atoms with Crippen LogP contribution in [0.15, 0.2) is 46.2 Å². The molecule has 0 amide bonds. The van der Waals surface area contributed by atoms with E-state index in [1.165, 1.54) is 16.4 Å². The largest absolute Gasteiger partial charge is 0.460 e. The predicted molar refractivity (Wildman–Crippen MR) is 145 cm³/mol. The van der Waals surface area contributed by atoms with Crippen LogP contribution in [-0.4, -0.2) is 52.1 Å². The number of hydrogen-bond donors (Lipinski definition) is 2. The molecule has 11 nitrogen and oxygen atoms in total. The van der Waals surface area contributed by atoms with Gasteiger partial charge in [-0.1, -0.05) is 0 Å². The van der Waals surface area contributed by atoms with Crippen molar-refractivity contribution in [1.82, 2.24) is 19.1 Å². The second-order valence-corrected chi connectivity index (χ2v) is 13.1. The summed E-state index contributed by atoms with van der Waals surface area (Å²) in [6.07, 6.45) is 4.31. The normalized spacial score (nSPS) is 19.1. The number of carbonyl (C=O) groups is 1. The van der Waals surface area contributed by atoms with Gasteiger partial charge < -0.3 is 15.0 Å². The number of nitrogens with zero attached hydrogens (tertiary/aromatic N) is 4. The van der Waals surface area contributed by atoms with Crippen LogP contribution >= 0.6 is 0 Å². The minimum absolute atomic E-state index is 0.0777. The number of anilines is 2. The molecule has 206 valence electrons. The quantitative estimate of drug-likeness (QED) is 0.402. The van der Waals surface area contributed by atoms with Gasteiger partial charge in [0.2, 0.25) is 10.0 Å². The highest BCUT2D eigenvalue weighted by Gasteiger charge is 2.38. The van der Waals surface area contributed by atoms with Crippen molar-refractivity contribution >= 4 is 38.4 Å². The first-order chi connectivity index (χ1) is 18.5. The number of nitrogens with one attached hydrogen (secondary N) is 2. The zero-order chi connectivity index (χ0) is 27.9. The fourth-order valence-corrected chi connectivity index (χ4v) is 6.49. The Morgan fingerprint density at radius 3 is 2.59 bits per heavy atom. The number of benzene rings is 1. The van der Waals surface area contributed by atoms with E-state index >= 15 is 0 Å². The van der Waals surface area contributed by atoms with Crippen LogP contribution in [-0.2, 0) is 19.6 Å². The fraction of sp³-hybridized carbons (Fsp3) is 0.481. The highest BCUT2D eigenvalue weighted by Crippen LogP contribution is 2.43. The molecule has 0 unspecified atom stereocenters. The average molecular weight is 553 g/mol. The van der Waals surface area contributed by atoms with Crippen LogP contribution in [0.3, 0.4) is 0 Å². The van der Waals surface area contributed by atoms with E-state index in [9.17, 15) is 23.3 Å². The van der Waals surface area contributed by atoms with Crippen molar-refractivity contribution in [2.24, 2.45) is 11.8 Å². The van der Waals surface area contributed by atoms with E-state index < -0.39 is 21.5 Å². The van der Waals surface area contributed by atoms with Gasteiger partial charge in [-0.25, -0.2) is 8.42 Å². The SMILES string of the molecule is CC(C)(C)OC(=O)[C@H]1CCN(S(=O)(=O)c2ccc(Nc3nn([C@@H](CC#N)C4CC4)c4cc[nH]c(=O)c34)cc2)C1.